The lowest BCUT2D eigenvalue weighted by Gasteiger charge is -2.22. The topological polar surface area (TPSA) is 78.9 Å². The first kappa shape index (κ1) is 21.5. The Morgan fingerprint density at radius 2 is 2.03 bits per heavy atom. The molecule has 2 amide bonds. The fourth-order valence-electron chi connectivity index (χ4n) is 4.01. The van der Waals surface area contributed by atoms with E-state index in [0.717, 1.165) is 17.0 Å². The summed E-state index contributed by atoms with van der Waals surface area (Å²) in [5.41, 5.74) is 1.93. The number of carbonyl (C=O) groups is 3. The van der Waals surface area contributed by atoms with Gasteiger partial charge in [-0.25, -0.2) is 9.18 Å². The van der Waals surface area contributed by atoms with Crippen LogP contribution in [0.5, 0.6) is 0 Å². The Hall–Kier alpha value is -2.78. The third-order valence-corrected chi connectivity index (χ3v) is 6.73. The molecule has 0 spiro atoms. The van der Waals surface area contributed by atoms with Crippen LogP contribution in [-0.2, 0) is 27.3 Å². The first-order valence-corrected chi connectivity index (χ1v) is 11.1. The minimum atomic E-state index is -0.561. The summed E-state index contributed by atoms with van der Waals surface area (Å²) in [6.07, 6.45) is 0.776. The van der Waals surface area contributed by atoms with Crippen LogP contribution in [0.2, 0.25) is 0 Å². The lowest BCUT2D eigenvalue weighted by Crippen LogP contribution is -2.28. The summed E-state index contributed by atoms with van der Waals surface area (Å²) >= 11 is 1.39. The molecule has 1 aromatic heterocycles. The number of likely N-dealkylation sites (N-methyl/N-ethyl adjacent to an activating group) is 1. The molecule has 0 aliphatic carbocycles. The summed E-state index contributed by atoms with van der Waals surface area (Å²) in [5, 5.41) is 3.37. The second-order valence-electron chi connectivity index (χ2n) is 7.79. The zero-order valence-electron chi connectivity index (χ0n) is 17.4. The Kier molecular flexibility index (Phi) is 6.06. The first-order valence-electron chi connectivity index (χ1n) is 10.2. The maximum atomic E-state index is 13.2. The molecule has 1 fully saturated rings. The monoisotopic (exact) mass is 445 g/mol. The summed E-state index contributed by atoms with van der Waals surface area (Å²) in [5.74, 6) is -1.88. The molecule has 1 atom stereocenters. The molecule has 1 saturated heterocycles. The van der Waals surface area contributed by atoms with Gasteiger partial charge in [0.25, 0.3) is 0 Å². The fourth-order valence-corrected chi connectivity index (χ4v) is 5.33. The minimum absolute atomic E-state index is 0.0613. The SMILES string of the molecule is CCOC(=O)c1c(NC(=O)C2CC(=O)N(c3ccc(F)cc3)C2)sc2c1CCN(C)C2. The molecule has 0 bridgehead atoms. The Morgan fingerprint density at radius 1 is 1.29 bits per heavy atom. The van der Waals surface area contributed by atoms with Gasteiger partial charge in [-0.3, -0.25) is 9.59 Å². The van der Waals surface area contributed by atoms with Crippen molar-refractivity contribution in [3.63, 3.8) is 0 Å². The van der Waals surface area contributed by atoms with E-state index in [1.165, 1.54) is 40.5 Å². The highest BCUT2D eigenvalue weighted by atomic mass is 32.1. The molecule has 4 rings (SSSR count). The average Bonchev–Trinajstić information content (AvgIpc) is 3.28. The smallest absolute Gasteiger partial charge is 0.341 e. The van der Waals surface area contributed by atoms with E-state index in [1.54, 1.807) is 6.92 Å². The lowest BCUT2D eigenvalue weighted by atomic mass is 10.0. The van der Waals surface area contributed by atoms with Gasteiger partial charge >= 0.3 is 5.97 Å². The number of thiophene rings is 1. The number of rotatable bonds is 5. The molecular formula is C22H24FN3O4S. The Labute approximate surface area is 183 Å². The number of nitrogens with one attached hydrogen (secondary N) is 1. The van der Waals surface area contributed by atoms with Crippen LogP contribution in [0.3, 0.4) is 0 Å². The maximum Gasteiger partial charge on any atom is 0.341 e. The summed E-state index contributed by atoms with van der Waals surface area (Å²) < 4.78 is 18.4. The second kappa shape index (κ2) is 8.76. The number of hydrogen-bond acceptors (Lipinski definition) is 6. The van der Waals surface area contributed by atoms with Crippen molar-refractivity contribution < 1.29 is 23.5 Å². The van der Waals surface area contributed by atoms with Crippen molar-refractivity contribution in [2.45, 2.75) is 26.3 Å². The number of amides is 2. The molecule has 2 aromatic rings. The fraction of sp³-hybridized carbons (Fsp3) is 0.409. The molecular weight excluding hydrogens is 421 g/mol. The van der Waals surface area contributed by atoms with Crippen LogP contribution in [-0.4, -0.2) is 49.4 Å². The number of benzene rings is 1. The van der Waals surface area contributed by atoms with Gasteiger partial charge in [-0.1, -0.05) is 0 Å². The summed E-state index contributed by atoms with van der Waals surface area (Å²) in [7, 11) is 2.01. The zero-order chi connectivity index (χ0) is 22.1. The van der Waals surface area contributed by atoms with E-state index in [-0.39, 0.29) is 37.2 Å². The Morgan fingerprint density at radius 3 is 2.74 bits per heavy atom. The van der Waals surface area contributed by atoms with E-state index < -0.39 is 11.9 Å². The summed E-state index contributed by atoms with van der Waals surface area (Å²) in [6.45, 7) is 3.74. The molecule has 1 N–H and O–H groups in total. The van der Waals surface area contributed by atoms with Gasteiger partial charge in [-0.05, 0) is 50.2 Å². The van der Waals surface area contributed by atoms with Gasteiger partial charge in [-0.2, -0.15) is 0 Å². The average molecular weight is 446 g/mol. The minimum Gasteiger partial charge on any atom is -0.462 e. The van der Waals surface area contributed by atoms with E-state index in [1.807, 2.05) is 7.05 Å². The number of anilines is 2. The van der Waals surface area contributed by atoms with Crippen LogP contribution >= 0.6 is 11.3 Å². The van der Waals surface area contributed by atoms with Gasteiger partial charge < -0.3 is 19.9 Å². The molecule has 164 valence electrons. The van der Waals surface area contributed by atoms with Crippen molar-refractivity contribution in [2.24, 2.45) is 5.92 Å². The van der Waals surface area contributed by atoms with E-state index in [0.29, 0.717) is 29.2 Å². The Balaban J connectivity index is 1.54. The number of fused-ring (bicyclic) bond motifs is 1. The normalized spacial score (nSPS) is 18.7. The van der Waals surface area contributed by atoms with Gasteiger partial charge in [0.15, 0.2) is 0 Å². The predicted molar refractivity (Wildman–Crippen MR) is 116 cm³/mol. The molecule has 2 aliphatic heterocycles. The molecule has 0 radical (unpaired) electrons. The molecule has 31 heavy (non-hydrogen) atoms. The quantitative estimate of drug-likeness (QED) is 0.716. The van der Waals surface area contributed by atoms with Crippen molar-refractivity contribution in [3.8, 4) is 0 Å². The molecule has 1 unspecified atom stereocenters. The number of hydrogen-bond donors (Lipinski definition) is 1. The molecule has 1 aromatic carbocycles. The number of esters is 1. The standard InChI is InChI=1S/C22H24FN3O4S/c1-3-30-22(29)19-16-8-9-25(2)12-17(16)31-21(19)24-20(28)13-10-18(27)26(11-13)15-6-4-14(23)5-7-15/h4-7,13H,3,8-12H2,1-2H3,(H,24,28). The first-order chi connectivity index (χ1) is 14.9. The Bertz CT molecular complexity index is 1020. The maximum absolute atomic E-state index is 13.2. The molecule has 7 nitrogen and oxygen atoms in total. The highest BCUT2D eigenvalue weighted by Gasteiger charge is 2.36. The van der Waals surface area contributed by atoms with Crippen LogP contribution < -0.4 is 10.2 Å². The largest absolute Gasteiger partial charge is 0.462 e. The van der Waals surface area contributed by atoms with Crippen LogP contribution in [0.1, 0.15) is 34.1 Å². The van der Waals surface area contributed by atoms with Gasteiger partial charge in [-0.15, -0.1) is 11.3 Å². The van der Waals surface area contributed by atoms with Crippen LogP contribution in [0.25, 0.3) is 0 Å². The van der Waals surface area contributed by atoms with E-state index in [4.69, 9.17) is 4.74 Å². The summed E-state index contributed by atoms with van der Waals surface area (Å²) in [4.78, 5) is 42.8. The van der Waals surface area contributed by atoms with Crippen LogP contribution in [0.4, 0.5) is 15.1 Å². The van der Waals surface area contributed by atoms with E-state index in [2.05, 4.69) is 10.2 Å². The van der Waals surface area contributed by atoms with Crippen LogP contribution in [0.15, 0.2) is 24.3 Å². The summed E-state index contributed by atoms with van der Waals surface area (Å²) in [6, 6.07) is 5.62. The van der Waals surface area contributed by atoms with Gasteiger partial charge in [0, 0.05) is 36.6 Å². The highest BCUT2D eigenvalue weighted by Crippen LogP contribution is 2.38. The lowest BCUT2D eigenvalue weighted by molar-refractivity contribution is -0.122. The van der Waals surface area contributed by atoms with Crippen molar-refractivity contribution >= 4 is 39.8 Å². The van der Waals surface area contributed by atoms with Crippen molar-refractivity contribution in [1.29, 1.82) is 0 Å². The van der Waals surface area contributed by atoms with Gasteiger partial charge in [0.05, 0.1) is 18.1 Å². The number of ether oxygens (including phenoxy) is 1. The van der Waals surface area contributed by atoms with E-state index >= 15 is 0 Å². The molecule has 3 heterocycles. The number of nitrogens with zero attached hydrogens (tertiary/aromatic N) is 2. The molecule has 0 saturated carbocycles. The second-order valence-corrected chi connectivity index (χ2v) is 8.89. The van der Waals surface area contributed by atoms with Gasteiger partial charge in [0.1, 0.15) is 10.8 Å². The van der Waals surface area contributed by atoms with Crippen LogP contribution in [0, 0.1) is 11.7 Å². The van der Waals surface area contributed by atoms with Crippen molar-refractivity contribution in [2.75, 3.05) is 37.0 Å². The third kappa shape index (κ3) is 4.33. The van der Waals surface area contributed by atoms with Crippen molar-refractivity contribution in [3.05, 3.63) is 46.1 Å². The third-order valence-electron chi connectivity index (χ3n) is 5.60. The predicted octanol–water partition coefficient (Wildman–Crippen LogP) is 3.04. The van der Waals surface area contributed by atoms with Gasteiger partial charge in [0.2, 0.25) is 11.8 Å². The number of halogens is 1. The number of carbonyl (C=O) groups excluding carboxylic acids is 3. The molecule has 2 aliphatic rings. The zero-order valence-corrected chi connectivity index (χ0v) is 18.3. The van der Waals surface area contributed by atoms with Crippen molar-refractivity contribution in [1.82, 2.24) is 4.90 Å². The van der Waals surface area contributed by atoms with E-state index in [9.17, 15) is 18.8 Å². The molecule has 9 heteroatoms. The highest BCUT2D eigenvalue weighted by molar-refractivity contribution is 7.17.